The van der Waals surface area contributed by atoms with E-state index in [1.54, 1.807) is 7.11 Å². The molecule has 0 radical (unpaired) electrons. The monoisotopic (exact) mass is 334 g/mol. The first-order chi connectivity index (χ1) is 11.4. The molecule has 0 aromatic heterocycles. The van der Waals surface area contributed by atoms with Crippen LogP contribution in [0.15, 0.2) is 24.3 Å². The minimum Gasteiger partial charge on any atom is -0.497 e. The van der Waals surface area contributed by atoms with Crippen LogP contribution in [0.5, 0.6) is 5.75 Å². The molecule has 0 bridgehead atoms. The minimum absolute atomic E-state index is 0.0718. The van der Waals surface area contributed by atoms with Crippen LogP contribution in [-0.2, 0) is 25.6 Å². The second kappa shape index (κ2) is 6.82. The van der Waals surface area contributed by atoms with Crippen molar-refractivity contribution in [3.05, 3.63) is 29.8 Å². The standard InChI is InChI=1S/C19H26O5/c1-12-16(20)9-14-11-23-19(2,3)24-18(14)17(12)22-10-13-5-7-15(21-4)8-6-13/h5-8,12,14,17-18H,9-11H2,1-4H3/t12-,14+,17+,18+/m0/s1. The van der Waals surface area contributed by atoms with Gasteiger partial charge in [0.05, 0.1) is 32.5 Å². The molecule has 0 N–H and O–H groups in total. The van der Waals surface area contributed by atoms with Gasteiger partial charge in [0.1, 0.15) is 11.5 Å². The summed E-state index contributed by atoms with van der Waals surface area (Å²) in [7, 11) is 1.64. The molecule has 1 saturated carbocycles. The van der Waals surface area contributed by atoms with E-state index in [2.05, 4.69) is 0 Å². The van der Waals surface area contributed by atoms with Crippen molar-refractivity contribution in [2.75, 3.05) is 13.7 Å². The number of rotatable bonds is 4. The van der Waals surface area contributed by atoms with Crippen LogP contribution in [-0.4, -0.2) is 37.5 Å². The summed E-state index contributed by atoms with van der Waals surface area (Å²) in [6, 6.07) is 7.76. The van der Waals surface area contributed by atoms with Crippen molar-refractivity contribution in [3.63, 3.8) is 0 Å². The number of carbonyl (C=O) groups excluding carboxylic acids is 1. The van der Waals surface area contributed by atoms with E-state index in [0.29, 0.717) is 19.6 Å². The lowest BCUT2D eigenvalue weighted by molar-refractivity contribution is -0.319. The molecule has 0 amide bonds. The molecule has 2 fully saturated rings. The van der Waals surface area contributed by atoms with Gasteiger partial charge in [-0.15, -0.1) is 0 Å². The van der Waals surface area contributed by atoms with Gasteiger partial charge in [-0.3, -0.25) is 4.79 Å². The summed E-state index contributed by atoms with van der Waals surface area (Å²) in [5.74, 6) is 0.307. The number of carbonyl (C=O) groups is 1. The maximum absolute atomic E-state index is 12.3. The average Bonchev–Trinajstić information content (AvgIpc) is 2.56. The molecule has 1 aromatic carbocycles. The Hall–Kier alpha value is -1.43. The predicted molar refractivity (Wildman–Crippen MR) is 88.8 cm³/mol. The van der Waals surface area contributed by atoms with E-state index in [1.807, 2.05) is 45.0 Å². The normalized spacial score (nSPS) is 32.2. The van der Waals surface area contributed by atoms with Crippen LogP contribution in [0.25, 0.3) is 0 Å². The number of hydrogen-bond acceptors (Lipinski definition) is 5. The molecule has 1 heterocycles. The van der Waals surface area contributed by atoms with Crippen molar-refractivity contribution in [2.45, 2.75) is 51.8 Å². The van der Waals surface area contributed by atoms with Gasteiger partial charge in [0.25, 0.3) is 0 Å². The molecule has 1 aromatic rings. The highest BCUT2D eigenvalue weighted by molar-refractivity contribution is 5.82. The Morgan fingerprint density at radius 1 is 1.25 bits per heavy atom. The average molecular weight is 334 g/mol. The van der Waals surface area contributed by atoms with Gasteiger partial charge >= 0.3 is 0 Å². The zero-order valence-corrected chi connectivity index (χ0v) is 14.8. The quantitative estimate of drug-likeness (QED) is 0.847. The minimum atomic E-state index is -0.636. The molecule has 1 aliphatic heterocycles. The van der Waals surface area contributed by atoms with E-state index in [1.165, 1.54) is 0 Å². The van der Waals surface area contributed by atoms with Gasteiger partial charge in [-0.1, -0.05) is 19.1 Å². The Bertz CT molecular complexity index is 580. The molecular formula is C19H26O5. The van der Waals surface area contributed by atoms with Gasteiger partial charge in [-0.05, 0) is 31.5 Å². The van der Waals surface area contributed by atoms with Crippen LogP contribution in [0.3, 0.4) is 0 Å². The van der Waals surface area contributed by atoms with Gasteiger partial charge in [0.2, 0.25) is 0 Å². The highest BCUT2D eigenvalue weighted by Crippen LogP contribution is 2.38. The van der Waals surface area contributed by atoms with Gasteiger partial charge in [-0.25, -0.2) is 0 Å². The highest BCUT2D eigenvalue weighted by Gasteiger charge is 2.48. The second-order valence-electron chi connectivity index (χ2n) is 7.14. The molecule has 132 valence electrons. The van der Waals surface area contributed by atoms with E-state index < -0.39 is 5.79 Å². The van der Waals surface area contributed by atoms with Gasteiger partial charge < -0.3 is 18.9 Å². The van der Waals surface area contributed by atoms with Crippen molar-refractivity contribution in [1.82, 2.24) is 0 Å². The van der Waals surface area contributed by atoms with E-state index in [-0.39, 0.29) is 29.8 Å². The number of benzene rings is 1. The fourth-order valence-electron chi connectivity index (χ4n) is 3.44. The third kappa shape index (κ3) is 3.63. The predicted octanol–water partition coefficient (Wildman–Crippen LogP) is 2.96. The Labute approximate surface area is 143 Å². The van der Waals surface area contributed by atoms with Gasteiger partial charge in [0.15, 0.2) is 5.79 Å². The molecule has 4 atom stereocenters. The van der Waals surface area contributed by atoms with Crippen LogP contribution in [0, 0.1) is 11.8 Å². The molecule has 5 nitrogen and oxygen atoms in total. The van der Waals surface area contributed by atoms with E-state index >= 15 is 0 Å². The maximum atomic E-state index is 12.3. The van der Waals surface area contributed by atoms with Gasteiger partial charge in [-0.2, -0.15) is 0 Å². The van der Waals surface area contributed by atoms with E-state index in [4.69, 9.17) is 18.9 Å². The fraction of sp³-hybridized carbons (Fsp3) is 0.632. The van der Waals surface area contributed by atoms with Crippen LogP contribution in [0.4, 0.5) is 0 Å². The number of ketones is 1. The van der Waals surface area contributed by atoms with Crippen molar-refractivity contribution in [3.8, 4) is 5.75 Å². The molecule has 0 spiro atoms. The summed E-state index contributed by atoms with van der Waals surface area (Å²) in [6.45, 7) is 6.73. The number of hydrogen-bond donors (Lipinski definition) is 0. The smallest absolute Gasteiger partial charge is 0.163 e. The van der Waals surface area contributed by atoms with Crippen molar-refractivity contribution in [2.24, 2.45) is 11.8 Å². The molecule has 5 heteroatoms. The van der Waals surface area contributed by atoms with E-state index in [9.17, 15) is 4.79 Å². The molecule has 24 heavy (non-hydrogen) atoms. The summed E-state index contributed by atoms with van der Waals surface area (Å²) in [5, 5.41) is 0. The van der Waals surface area contributed by atoms with Crippen LogP contribution in [0.2, 0.25) is 0 Å². The molecule has 1 aliphatic carbocycles. The first-order valence-corrected chi connectivity index (χ1v) is 8.48. The Morgan fingerprint density at radius 2 is 1.96 bits per heavy atom. The Balaban J connectivity index is 1.71. The van der Waals surface area contributed by atoms with E-state index in [0.717, 1.165) is 11.3 Å². The van der Waals surface area contributed by atoms with Crippen LogP contribution >= 0.6 is 0 Å². The SMILES string of the molecule is COc1ccc(CO[C@H]2[C@@H]3OC(C)(C)OC[C@H]3CC(=O)[C@@H]2C)cc1. The zero-order valence-electron chi connectivity index (χ0n) is 14.8. The number of ether oxygens (including phenoxy) is 4. The summed E-state index contributed by atoms with van der Waals surface area (Å²) in [5.41, 5.74) is 1.05. The Morgan fingerprint density at radius 3 is 2.62 bits per heavy atom. The maximum Gasteiger partial charge on any atom is 0.163 e. The lowest BCUT2D eigenvalue weighted by atomic mass is 9.77. The first kappa shape index (κ1) is 17.4. The summed E-state index contributed by atoms with van der Waals surface area (Å²) in [6.07, 6.45) is 0.144. The number of Topliss-reactive ketones (excluding diaryl/α,β-unsaturated/α-hetero) is 1. The third-order valence-corrected chi connectivity index (χ3v) is 4.92. The first-order valence-electron chi connectivity index (χ1n) is 8.48. The summed E-state index contributed by atoms with van der Waals surface area (Å²) >= 11 is 0. The second-order valence-corrected chi connectivity index (χ2v) is 7.14. The topological polar surface area (TPSA) is 54.0 Å². The van der Waals surface area contributed by atoms with Crippen molar-refractivity contribution >= 4 is 5.78 Å². The highest BCUT2D eigenvalue weighted by atomic mass is 16.7. The molecular weight excluding hydrogens is 308 g/mol. The molecule has 0 unspecified atom stereocenters. The lowest BCUT2D eigenvalue weighted by Gasteiger charge is -2.48. The zero-order chi connectivity index (χ0) is 17.3. The number of fused-ring (bicyclic) bond motifs is 1. The lowest BCUT2D eigenvalue weighted by Crippen LogP contribution is -2.57. The van der Waals surface area contributed by atoms with Gasteiger partial charge in [0, 0.05) is 18.3 Å². The third-order valence-electron chi connectivity index (χ3n) is 4.92. The molecule has 2 aliphatic rings. The largest absolute Gasteiger partial charge is 0.497 e. The number of methoxy groups -OCH3 is 1. The van der Waals surface area contributed by atoms with Crippen LogP contribution in [0.1, 0.15) is 32.8 Å². The fourth-order valence-corrected chi connectivity index (χ4v) is 3.44. The van der Waals surface area contributed by atoms with Crippen LogP contribution < -0.4 is 4.74 Å². The molecule has 3 rings (SSSR count). The summed E-state index contributed by atoms with van der Waals surface area (Å²) in [4.78, 5) is 12.3. The molecule has 1 saturated heterocycles. The van der Waals surface area contributed by atoms with Crippen molar-refractivity contribution in [1.29, 1.82) is 0 Å². The summed E-state index contributed by atoms with van der Waals surface area (Å²) < 4.78 is 23.1. The van der Waals surface area contributed by atoms with Crippen molar-refractivity contribution < 1.29 is 23.7 Å². The Kier molecular flexibility index (Phi) is 4.95.